The van der Waals surface area contributed by atoms with E-state index in [0.29, 0.717) is 6.61 Å². The van der Waals surface area contributed by atoms with Crippen LogP contribution in [0.15, 0.2) is 36.4 Å². The summed E-state index contributed by atoms with van der Waals surface area (Å²) in [6.45, 7) is 4.38. The van der Waals surface area contributed by atoms with Crippen molar-refractivity contribution in [2.45, 2.75) is 32.1 Å². The topological polar surface area (TPSA) is 84.9 Å². The molecule has 5 atom stereocenters. The summed E-state index contributed by atoms with van der Waals surface area (Å²) in [6, 6.07) is 7.25. The maximum atomic E-state index is 12.6. The molecule has 0 spiro atoms. The van der Waals surface area contributed by atoms with Crippen LogP contribution in [0.5, 0.6) is 5.75 Å². The third-order valence-corrected chi connectivity index (χ3v) is 4.54. The van der Waals surface area contributed by atoms with Gasteiger partial charge in [0, 0.05) is 0 Å². The van der Waals surface area contributed by atoms with Crippen LogP contribution in [0.2, 0.25) is 0 Å². The Morgan fingerprint density at radius 2 is 1.83 bits per heavy atom. The summed E-state index contributed by atoms with van der Waals surface area (Å²) in [5.74, 6) is -2.03. The van der Waals surface area contributed by atoms with Gasteiger partial charge in [-0.3, -0.25) is 9.59 Å². The Morgan fingerprint density at radius 3 is 2.42 bits per heavy atom. The Hall–Kier alpha value is -2.34. The first kappa shape index (κ1) is 16.5. The molecule has 2 bridgehead atoms. The summed E-state index contributed by atoms with van der Waals surface area (Å²) in [7, 11) is 0. The lowest BCUT2D eigenvalue weighted by atomic mass is 9.82. The van der Waals surface area contributed by atoms with Crippen LogP contribution < -0.4 is 10.1 Å². The Kier molecular flexibility index (Phi) is 4.57. The number of fused-ring (bicyclic) bond motifs is 2. The summed E-state index contributed by atoms with van der Waals surface area (Å²) >= 11 is 0. The van der Waals surface area contributed by atoms with Gasteiger partial charge in [0.15, 0.2) is 0 Å². The molecule has 2 heterocycles. The number of carbonyl (C=O) groups is 2. The molecule has 6 nitrogen and oxygen atoms in total. The first-order valence-corrected chi connectivity index (χ1v) is 8.11. The zero-order valence-electron chi connectivity index (χ0n) is 13.6. The second-order valence-electron chi connectivity index (χ2n) is 6.07. The Balaban J connectivity index is 1.67. The van der Waals surface area contributed by atoms with Gasteiger partial charge >= 0.3 is 5.97 Å². The molecule has 0 saturated carbocycles. The van der Waals surface area contributed by atoms with Crippen LogP contribution >= 0.6 is 0 Å². The molecule has 6 heteroatoms. The van der Waals surface area contributed by atoms with Crippen LogP contribution in [0, 0.1) is 11.8 Å². The highest BCUT2D eigenvalue weighted by Gasteiger charge is 2.53. The standard InChI is InChI=1S/C18H21NO5/c1-3-23-12-6-4-11(5-7-12)10(2)19-17(20)15-13-8-9-14(24-13)16(15)18(21)22/h4-10,13-16H,3H2,1-2H3,(H,19,20)(H,21,22)/t10-,13-,14-,15+,16-/m0/s1. The molecule has 2 aliphatic heterocycles. The number of aliphatic carboxylic acids is 1. The monoisotopic (exact) mass is 331 g/mol. The number of benzene rings is 1. The third-order valence-electron chi connectivity index (χ3n) is 4.54. The first-order valence-electron chi connectivity index (χ1n) is 8.11. The fraction of sp³-hybridized carbons (Fsp3) is 0.444. The quantitative estimate of drug-likeness (QED) is 0.778. The van der Waals surface area contributed by atoms with E-state index in [-0.39, 0.29) is 11.9 Å². The molecule has 1 aromatic rings. The second kappa shape index (κ2) is 6.65. The highest BCUT2D eigenvalue weighted by Crippen LogP contribution is 2.39. The predicted octanol–water partition coefficient (Wildman–Crippen LogP) is 1.92. The fourth-order valence-corrected chi connectivity index (χ4v) is 3.33. The van der Waals surface area contributed by atoms with Crippen LogP contribution in [-0.2, 0) is 14.3 Å². The number of hydrogen-bond donors (Lipinski definition) is 2. The van der Waals surface area contributed by atoms with Crippen molar-refractivity contribution >= 4 is 11.9 Å². The smallest absolute Gasteiger partial charge is 0.310 e. The summed E-state index contributed by atoms with van der Waals surface area (Å²) in [6.07, 6.45) is 2.53. The lowest BCUT2D eigenvalue weighted by Gasteiger charge is -2.23. The molecule has 0 aromatic heterocycles. The van der Waals surface area contributed by atoms with Crippen molar-refractivity contribution in [1.29, 1.82) is 0 Å². The van der Waals surface area contributed by atoms with Crippen molar-refractivity contribution in [1.82, 2.24) is 5.32 Å². The van der Waals surface area contributed by atoms with E-state index in [9.17, 15) is 14.7 Å². The molecule has 0 radical (unpaired) electrons. The molecule has 128 valence electrons. The average Bonchev–Trinajstić information content (AvgIpc) is 3.16. The second-order valence-corrected chi connectivity index (χ2v) is 6.07. The van der Waals surface area contributed by atoms with Gasteiger partial charge in [-0.1, -0.05) is 24.3 Å². The number of ether oxygens (including phenoxy) is 2. The third kappa shape index (κ3) is 3.01. The number of nitrogens with one attached hydrogen (secondary N) is 1. The van der Waals surface area contributed by atoms with E-state index in [4.69, 9.17) is 9.47 Å². The molecule has 2 aliphatic rings. The van der Waals surface area contributed by atoms with Gasteiger partial charge in [-0.05, 0) is 31.5 Å². The Bertz CT molecular complexity index is 654. The molecular weight excluding hydrogens is 310 g/mol. The van der Waals surface area contributed by atoms with Gasteiger partial charge in [-0.15, -0.1) is 0 Å². The van der Waals surface area contributed by atoms with Gasteiger partial charge in [0.2, 0.25) is 5.91 Å². The van der Waals surface area contributed by atoms with Gasteiger partial charge in [-0.25, -0.2) is 0 Å². The molecule has 1 amide bonds. The van der Waals surface area contributed by atoms with E-state index in [2.05, 4.69) is 5.32 Å². The Morgan fingerprint density at radius 1 is 1.21 bits per heavy atom. The largest absolute Gasteiger partial charge is 0.494 e. The minimum absolute atomic E-state index is 0.231. The average molecular weight is 331 g/mol. The van der Waals surface area contributed by atoms with E-state index < -0.39 is 30.0 Å². The van der Waals surface area contributed by atoms with Crippen molar-refractivity contribution in [2.75, 3.05) is 6.61 Å². The van der Waals surface area contributed by atoms with Crippen molar-refractivity contribution in [2.24, 2.45) is 11.8 Å². The molecule has 1 fully saturated rings. The summed E-state index contributed by atoms with van der Waals surface area (Å²) in [5, 5.41) is 12.3. The van der Waals surface area contributed by atoms with Crippen LogP contribution in [0.1, 0.15) is 25.5 Å². The Labute approximate surface area is 140 Å². The number of hydrogen-bond acceptors (Lipinski definition) is 4. The van der Waals surface area contributed by atoms with E-state index in [0.717, 1.165) is 11.3 Å². The highest BCUT2D eigenvalue weighted by molar-refractivity contribution is 5.87. The van der Waals surface area contributed by atoms with Gasteiger partial charge in [0.05, 0.1) is 30.8 Å². The highest BCUT2D eigenvalue weighted by atomic mass is 16.5. The molecule has 1 saturated heterocycles. The molecular formula is C18H21NO5. The normalized spacial score (nSPS) is 28.6. The van der Waals surface area contributed by atoms with Crippen LogP contribution in [0.3, 0.4) is 0 Å². The minimum atomic E-state index is -0.999. The SMILES string of the molecule is CCOc1ccc([C@H](C)NC(=O)[C@H]2[C@@H](C(=O)O)[C@@H]3C=C[C@@H]2O3)cc1. The van der Waals surface area contributed by atoms with Crippen LogP contribution in [-0.4, -0.2) is 35.8 Å². The zero-order chi connectivity index (χ0) is 17.3. The lowest BCUT2D eigenvalue weighted by molar-refractivity contribution is -0.146. The van der Waals surface area contributed by atoms with Crippen LogP contribution in [0.4, 0.5) is 0 Å². The van der Waals surface area contributed by atoms with Gasteiger partial charge in [0.25, 0.3) is 0 Å². The predicted molar refractivity (Wildman–Crippen MR) is 86.6 cm³/mol. The summed E-state index contributed by atoms with van der Waals surface area (Å²) < 4.78 is 10.9. The molecule has 1 aromatic carbocycles. The molecule has 0 unspecified atom stereocenters. The van der Waals surface area contributed by atoms with Crippen molar-refractivity contribution < 1.29 is 24.2 Å². The molecule has 2 N–H and O–H groups in total. The lowest BCUT2D eigenvalue weighted by Crippen LogP contribution is -2.43. The number of carboxylic acid groups (broad SMARTS) is 1. The number of carbonyl (C=O) groups excluding carboxylic acids is 1. The summed E-state index contributed by atoms with van der Waals surface area (Å²) in [5.41, 5.74) is 0.929. The van der Waals surface area contributed by atoms with Crippen LogP contribution in [0.25, 0.3) is 0 Å². The van der Waals surface area contributed by atoms with E-state index >= 15 is 0 Å². The van der Waals surface area contributed by atoms with Gasteiger partial charge < -0.3 is 19.9 Å². The van der Waals surface area contributed by atoms with Crippen molar-refractivity contribution in [3.8, 4) is 5.75 Å². The van der Waals surface area contributed by atoms with E-state index in [1.54, 1.807) is 12.2 Å². The zero-order valence-corrected chi connectivity index (χ0v) is 13.6. The van der Waals surface area contributed by atoms with Crippen molar-refractivity contribution in [3.63, 3.8) is 0 Å². The van der Waals surface area contributed by atoms with Crippen molar-refractivity contribution in [3.05, 3.63) is 42.0 Å². The molecule has 0 aliphatic carbocycles. The minimum Gasteiger partial charge on any atom is -0.494 e. The van der Waals surface area contributed by atoms with E-state index in [1.807, 2.05) is 38.1 Å². The van der Waals surface area contributed by atoms with Gasteiger partial charge in [0.1, 0.15) is 11.7 Å². The van der Waals surface area contributed by atoms with E-state index in [1.165, 1.54) is 0 Å². The number of amides is 1. The fourth-order valence-electron chi connectivity index (χ4n) is 3.33. The summed E-state index contributed by atoms with van der Waals surface area (Å²) in [4.78, 5) is 24.0. The number of carboxylic acids is 1. The first-order chi connectivity index (χ1) is 11.5. The van der Waals surface area contributed by atoms with Gasteiger partial charge in [-0.2, -0.15) is 0 Å². The maximum absolute atomic E-state index is 12.6. The number of rotatable bonds is 6. The maximum Gasteiger partial charge on any atom is 0.310 e. The molecule has 24 heavy (non-hydrogen) atoms. The molecule has 3 rings (SSSR count).